The van der Waals surface area contributed by atoms with E-state index < -0.39 is 0 Å². The van der Waals surface area contributed by atoms with E-state index in [4.69, 9.17) is 4.74 Å². The fourth-order valence-electron chi connectivity index (χ4n) is 2.22. The first kappa shape index (κ1) is 16.0. The molecule has 0 bridgehead atoms. The number of aryl methyl sites for hydroxylation is 2. The van der Waals surface area contributed by atoms with Crippen molar-refractivity contribution in [2.45, 2.75) is 33.2 Å². The van der Waals surface area contributed by atoms with Gasteiger partial charge in [-0.1, -0.05) is 28.9 Å². The molecule has 0 amide bonds. The monoisotopic (exact) mass is 351 g/mol. The molecule has 1 aromatic heterocycles. The summed E-state index contributed by atoms with van der Waals surface area (Å²) in [6.45, 7) is 7.26. The standard InChI is InChI=1S/C16H22BrN3O/c1-5-8-18-12(3)14-7-6-13(17)10-15(14)21-16-9-11(2)19-20(16)4/h6-7,9-10,12,18H,5,8H2,1-4H3. The molecule has 0 aliphatic heterocycles. The molecule has 0 saturated heterocycles. The van der Waals surface area contributed by atoms with Crippen molar-refractivity contribution < 1.29 is 4.74 Å². The molecule has 0 saturated carbocycles. The summed E-state index contributed by atoms with van der Waals surface area (Å²) in [5.41, 5.74) is 2.09. The fourth-order valence-corrected chi connectivity index (χ4v) is 2.56. The Morgan fingerprint density at radius 2 is 2.14 bits per heavy atom. The Labute approximate surface area is 134 Å². The zero-order valence-electron chi connectivity index (χ0n) is 13.0. The second-order valence-corrected chi connectivity index (χ2v) is 6.12. The van der Waals surface area contributed by atoms with E-state index in [0.29, 0.717) is 0 Å². The largest absolute Gasteiger partial charge is 0.439 e. The summed E-state index contributed by atoms with van der Waals surface area (Å²) in [6.07, 6.45) is 1.11. The molecule has 4 nitrogen and oxygen atoms in total. The predicted molar refractivity (Wildman–Crippen MR) is 88.9 cm³/mol. The summed E-state index contributed by atoms with van der Waals surface area (Å²) < 4.78 is 8.83. The number of benzene rings is 1. The van der Waals surface area contributed by atoms with Crippen molar-refractivity contribution in [3.8, 4) is 11.6 Å². The molecule has 114 valence electrons. The zero-order chi connectivity index (χ0) is 15.4. The van der Waals surface area contributed by atoms with Gasteiger partial charge in [0.05, 0.1) is 5.69 Å². The molecule has 21 heavy (non-hydrogen) atoms. The maximum atomic E-state index is 6.07. The summed E-state index contributed by atoms with van der Waals surface area (Å²) in [7, 11) is 1.89. The summed E-state index contributed by atoms with van der Waals surface area (Å²) in [6, 6.07) is 8.32. The third kappa shape index (κ3) is 4.08. The minimum atomic E-state index is 0.238. The average Bonchev–Trinajstić information content (AvgIpc) is 2.74. The molecular formula is C16H22BrN3O. The van der Waals surface area contributed by atoms with Gasteiger partial charge in [0.25, 0.3) is 0 Å². The first-order chi connectivity index (χ1) is 10.0. The Bertz CT molecular complexity index is 610. The first-order valence-electron chi connectivity index (χ1n) is 7.22. The van der Waals surface area contributed by atoms with Crippen LogP contribution < -0.4 is 10.1 Å². The van der Waals surface area contributed by atoms with E-state index in [1.54, 1.807) is 4.68 Å². The van der Waals surface area contributed by atoms with Gasteiger partial charge in [-0.3, -0.25) is 0 Å². The number of aromatic nitrogens is 2. The Morgan fingerprint density at radius 3 is 2.76 bits per heavy atom. The molecule has 2 rings (SSSR count). The second kappa shape index (κ2) is 7.09. The van der Waals surface area contributed by atoms with Gasteiger partial charge >= 0.3 is 0 Å². The summed E-state index contributed by atoms with van der Waals surface area (Å²) in [4.78, 5) is 0. The molecule has 2 aromatic rings. The highest BCUT2D eigenvalue weighted by molar-refractivity contribution is 9.10. The van der Waals surface area contributed by atoms with Gasteiger partial charge in [-0.2, -0.15) is 5.10 Å². The van der Waals surface area contributed by atoms with Crippen LogP contribution in [0.15, 0.2) is 28.7 Å². The highest BCUT2D eigenvalue weighted by atomic mass is 79.9. The predicted octanol–water partition coefficient (Wildman–Crippen LogP) is 4.34. The van der Waals surface area contributed by atoms with Gasteiger partial charge in [0.15, 0.2) is 0 Å². The number of rotatable bonds is 6. The molecule has 1 aromatic carbocycles. The van der Waals surface area contributed by atoms with Gasteiger partial charge in [0.1, 0.15) is 5.75 Å². The van der Waals surface area contributed by atoms with Crippen LogP contribution in [0.3, 0.4) is 0 Å². The molecule has 0 aliphatic carbocycles. The quantitative estimate of drug-likeness (QED) is 0.840. The Balaban J connectivity index is 2.28. The number of nitrogens with one attached hydrogen (secondary N) is 1. The average molecular weight is 352 g/mol. The van der Waals surface area contributed by atoms with Gasteiger partial charge in [-0.15, -0.1) is 0 Å². The number of ether oxygens (including phenoxy) is 1. The molecule has 1 atom stereocenters. The topological polar surface area (TPSA) is 39.1 Å². The molecule has 0 radical (unpaired) electrons. The lowest BCUT2D eigenvalue weighted by Crippen LogP contribution is -2.19. The molecular weight excluding hydrogens is 330 g/mol. The van der Waals surface area contributed by atoms with Crippen molar-refractivity contribution in [2.24, 2.45) is 7.05 Å². The Morgan fingerprint density at radius 1 is 1.38 bits per heavy atom. The minimum absolute atomic E-state index is 0.238. The van der Waals surface area contributed by atoms with Crippen LogP contribution >= 0.6 is 15.9 Å². The van der Waals surface area contributed by atoms with Crippen LogP contribution in [0.25, 0.3) is 0 Å². The lowest BCUT2D eigenvalue weighted by molar-refractivity contribution is 0.417. The van der Waals surface area contributed by atoms with Crippen LogP contribution in [0, 0.1) is 6.92 Å². The molecule has 0 spiro atoms. The van der Waals surface area contributed by atoms with E-state index in [0.717, 1.165) is 40.3 Å². The van der Waals surface area contributed by atoms with Crippen molar-refractivity contribution in [1.82, 2.24) is 15.1 Å². The molecule has 0 fully saturated rings. The third-order valence-electron chi connectivity index (χ3n) is 3.32. The number of hydrogen-bond donors (Lipinski definition) is 1. The lowest BCUT2D eigenvalue weighted by atomic mass is 10.1. The first-order valence-corrected chi connectivity index (χ1v) is 8.02. The highest BCUT2D eigenvalue weighted by Crippen LogP contribution is 2.32. The molecule has 1 heterocycles. The van der Waals surface area contributed by atoms with E-state index in [1.165, 1.54) is 0 Å². The van der Waals surface area contributed by atoms with Gasteiger partial charge in [0.2, 0.25) is 5.88 Å². The van der Waals surface area contributed by atoms with Gasteiger partial charge < -0.3 is 10.1 Å². The fraction of sp³-hybridized carbons (Fsp3) is 0.438. The van der Waals surface area contributed by atoms with Crippen LogP contribution in [-0.4, -0.2) is 16.3 Å². The van der Waals surface area contributed by atoms with Crippen molar-refractivity contribution in [3.63, 3.8) is 0 Å². The van der Waals surface area contributed by atoms with Crippen LogP contribution in [0.2, 0.25) is 0 Å². The SMILES string of the molecule is CCCNC(C)c1ccc(Br)cc1Oc1cc(C)nn1C. The minimum Gasteiger partial charge on any atom is -0.439 e. The van der Waals surface area contributed by atoms with Gasteiger partial charge in [-0.05, 0) is 38.9 Å². The van der Waals surface area contributed by atoms with E-state index in [2.05, 4.69) is 46.3 Å². The maximum Gasteiger partial charge on any atom is 0.217 e. The van der Waals surface area contributed by atoms with E-state index >= 15 is 0 Å². The van der Waals surface area contributed by atoms with Crippen molar-refractivity contribution in [2.75, 3.05) is 6.54 Å². The van der Waals surface area contributed by atoms with Crippen LogP contribution in [0.5, 0.6) is 11.6 Å². The highest BCUT2D eigenvalue weighted by Gasteiger charge is 2.14. The molecule has 1 N–H and O–H groups in total. The van der Waals surface area contributed by atoms with E-state index in [1.807, 2.05) is 32.2 Å². The van der Waals surface area contributed by atoms with Crippen LogP contribution in [-0.2, 0) is 7.05 Å². The number of nitrogens with zero attached hydrogens (tertiary/aromatic N) is 2. The summed E-state index contributed by atoms with van der Waals surface area (Å²) in [5.74, 6) is 1.60. The molecule has 1 unspecified atom stereocenters. The summed E-state index contributed by atoms with van der Waals surface area (Å²) >= 11 is 3.51. The molecule has 5 heteroatoms. The second-order valence-electron chi connectivity index (χ2n) is 5.21. The zero-order valence-corrected chi connectivity index (χ0v) is 14.6. The van der Waals surface area contributed by atoms with E-state index in [-0.39, 0.29) is 6.04 Å². The lowest BCUT2D eigenvalue weighted by Gasteiger charge is -2.18. The van der Waals surface area contributed by atoms with Crippen LogP contribution in [0.4, 0.5) is 0 Å². The van der Waals surface area contributed by atoms with E-state index in [9.17, 15) is 0 Å². The van der Waals surface area contributed by atoms with Crippen molar-refractivity contribution >= 4 is 15.9 Å². The molecule has 0 aliphatic rings. The number of halogens is 1. The summed E-state index contributed by atoms with van der Waals surface area (Å²) in [5, 5.41) is 7.81. The normalized spacial score (nSPS) is 12.4. The third-order valence-corrected chi connectivity index (χ3v) is 3.81. The van der Waals surface area contributed by atoms with Crippen LogP contribution in [0.1, 0.15) is 37.6 Å². The number of hydrogen-bond acceptors (Lipinski definition) is 3. The van der Waals surface area contributed by atoms with Crippen molar-refractivity contribution in [1.29, 1.82) is 0 Å². The Hall–Kier alpha value is -1.33. The van der Waals surface area contributed by atoms with Gasteiger partial charge in [-0.25, -0.2) is 4.68 Å². The Kier molecular flexibility index (Phi) is 5.42. The van der Waals surface area contributed by atoms with Crippen molar-refractivity contribution in [3.05, 3.63) is 40.0 Å². The smallest absolute Gasteiger partial charge is 0.217 e. The van der Waals surface area contributed by atoms with Gasteiger partial charge in [0, 0.05) is 29.2 Å². The maximum absolute atomic E-state index is 6.07.